The van der Waals surface area contributed by atoms with E-state index in [1.54, 1.807) is 12.1 Å². The molecule has 0 unspecified atom stereocenters. The summed E-state index contributed by atoms with van der Waals surface area (Å²) in [6.45, 7) is 7.75. The van der Waals surface area contributed by atoms with Gasteiger partial charge in [0.15, 0.2) is 0 Å². The minimum atomic E-state index is -1.10. The van der Waals surface area contributed by atoms with Gasteiger partial charge in [0.1, 0.15) is 11.5 Å². The molecule has 3 nitrogen and oxygen atoms in total. The van der Waals surface area contributed by atoms with E-state index >= 15 is 4.39 Å². The monoisotopic (exact) mass is 324 g/mol. The maximum absolute atomic E-state index is 15.1. The maximum Gasteiger partial charge on any atom is 0.525 e. The van der Waals surface area contributed by atoms with E-state index in [2.05, 4.69) is 0 Å². The quantitative estimate of drug-likeness (QED) is 0.761. The Morgan fingerprint density at radius 3 is 2.30 bits per heavy atom. The molecule has 0 atom stereocenters. The van der Waals surface area contributed by atoms with E-state index in [1.165, 1.54) is 19.2 Å². The van der Waals surface area contributed by atoms with Crippen molar-refractivity contribution in [2.75, 3.05) is 13.7 Å². The first-order valence-corrected chi connectivity index (χ1v) is 7.67. The Kier molecular flexibility index (Phi) is 5.28. The zero-order chi connectivity index (χ0) is 17.3. The second-order valence-corrected chi connectivity index (χ2v) is 6.67. The lowest BCUT2D eigenvalue weighted by molar-refractivity contribution is 0.00578. The van der Waals surface area contributed by atoms with Crippen molar-refractivity contribution in [3.05, 3.63) is 41.4 Å². The van der Waals surface area contributed by atoms with Gasteiger partial charge in [-0.3, -0.25) is 0 Å². The number of halogens is 2. The molecule has 0 amide bonds. The normalized spacial score (nSPS) is 20.6. The lowest BCUT2D eigenvalue weighted by Crippen LogP contribution is -2.41. The van der Waals surface area contributed by atoms with Crippen molar-refractivity contribution in [1.29, 1.82) is 0 Å². The number of hydrogen-bond donors (Lipinski definition) is 0. The van der Waals surface area contributed by atoms with Crippen LogP contribution >= 0.6 is 0 Å². The Balaban J connectivity index is 2.39. The molecule has 1 heterocycles. The van der Waals surface area contributed by atoms with Gasteiger partial charge in [-0.25, -0.2) is 8.78 Å². The highest BCUT2D eigenvalue weighted by atomic mass is 19.1. The first-order chi connectivity index (χ1) is 10.7. The van der Waals surface area contributed by atoms with Crippen LogP contribution in [0.25, 0.3) is 5.57 Å². The Morgan fingerprint density at radius 1 is 1.17 bits per heavy atom. The summed E-state index contributed by atoms with van der Waals surface area (Å²) in [7, 11) is 0.436. The number of rotatable bonds is 5. The molecular weight excluding hydrogens is 301 g/mol. The molecule has 0 spiro atoms. The molecule has 1 aliphatic rings. The molecule has 0 radical (unpaired) electrons. The minimum absolute atomic E-state index is 0.301. The van der Waals surface area contributed by atoms with Crippen LogP contribution in [0.15, 0.2) is 30.0 Å². The summed E-state index contributed by atoms with van der Waals surface area (Å²) >= 11 is 0. The van der Waals surface area contributed by atoms with E-state index in [4.69, 9.17) is 14.0 Å². The Bertz CT molecular complexity index is 583. The highest BCUT2D eigenvalue weighted by molar-refractivity contribution is 6.55. The van der Waals surface area contributed by atoms with Crippen LogP contribution in [0.2, 0.25) is 0 Å². The first kappa shape index (κ1) is 18.1. The molecule has 126 valence electrons. The highest BCUT2D eigenvalue weighted by Crippen LogP contribution is 2.40. The second-order valence-electron chi connectivity index (χ2n) is 6.67. The smallest absolute Gasteiger partial charge is 0.398 e. The molecule has 23 heavy (non-hydrogen) atoms. The fourth-order valence-corrected chi connectivity index (χ4v) is 2.37. The van der Waals surface area contributed by atoms with Crippen LogP contribution in [-0.4, -0.2) is 32.0 Å². The van der Waals surface area contributed by atoms with Gasteiger partial charge in [-0.05, 0) is 57.4 Å². The van der Waals surface area contributed by atoms with Gasteiger partial charge in [-0.15, -0.1) is 0 Å². The number of methoxy groups -OCH3 is 1. The maximum atomic E-state index is 15.1. The molecule has 2 rings (SSSR count). The van der Waals surface area contributed by atoms with Crippen LogP contribution in [0.1, 0.15) is 39.7 Å². The number of benzene rings is 1. The van der Waals surface area contributed by atoms with Crippen LogP contribution < -0.4 is 0 Å². The van der Waals surface area contributed by atoms with E-state index in [-0.39, 0.29) is 0 Å². The highest BCUT2D eigenvalue weighted by Gasteiger charge is 2.53. The largest absolute Gasteiger partial charge is 0.525 e. The average molecular weight is 324 g/mol. The summed E-state index contributed by atoms with van der Waals surface area (Å²) < 4.78 is 45.1. The predicted octanol–water partition coefficient (Wildman–Crippen LogP) is 4.17. The molecule has 0 saturated carbocycles. The van der Waals surface area contributed by atoms with E-state index in [1.807, 2.05) is 27.7 Å². The molecule has 1 aliphatic heterocycles. The van der Waals surface area contributed by atoms with E-state index in [9.17, 15) is 4.39 Å². The van der Waals surface area contributed by atoms with Gasteiger partial charge in [-0.1, -0.05) is 12.1 Å². The standard InChI is InChI=1S/C17H23BF2O3/c1-16(2)17(3,4)23-18(22-16)15(20)14(9-10-21-5)12-7-6-8-13(19)11-12/h6-8,11H,9-10H2,1-5H3. The lowest BCUT2D eigenvalue weighted by atomic mass is 9.82. The Hall–Kier alpha value is -1.24. The van der Waals surface area contributed by atoms with Crippen molar-refractivity contribution in [2.45, 2.75) is 45.3 Å². The summed E-state index contributed by atoms with van der Waals surface area (Å²) in [5.74, 6) is -0.417. The topological polar surface area (TPSA) is 27.7 Å². The third-order valence-corrected chi connectivity index (χ3v) is 4.48. The molecule has 1 saturated heterocycles. The summed E-state index contributed by atoms with van der Waals surface area (Å²) in [4.78, 5) is 0. The number of ether oxygens (including phenoxy) is 1. The molecular formula is C17H23BF2O3. The summed E-state index contributed by atoms with van der Waals surface area (Å²) in [5.41, 5.74) is -1.00. The van der Waals surface area contributed by atoms with Crippen molar-refractivity contribution in [3.63, 3.8) is 0 Å². The van der Waals surface area contributed by atoms with Crippen molar-refractivity contribution >= 4 is 12.7 Å². The van der Waals surface area contributed by atoms with Crippen LogP contribution in [0.5, 0.6) is 0 Å². The molecule has 0 N–H and O–H groups in total. The van der Waals surface area contributed by atoms with Gasteiger partial charge in [0.25, 0.3) is 0 Å². The van der Waals surface area contributed by atoms with Gasteiger partial charge < -0.3 is 14.0 Å². The van der Waals surface area contributed by atoms with Gasteiger partial charge in [0.2, 0.25) is 0 Å². The van der Waals surface area contributed by atoms with Gasteiger partial charge >= 0.3 is 7.12 Å². The van der Waals surface area contributed by atoms with Crippen molar-refractivity contribution in [3.8, 4) is 0 Å². The van der Waals surface area contributed by atoms with Gasteiger partial charge in [-0.2, -0.15) is 0 Å². The van der Waals surface area contributed by atoms with Gasteiger partial charge in [0.05, 0.1) is 17.8 Å². The Morgan fingerprint density at radius 2 is 1.78 bits per heavy atom. The molecule has 0 aliphatic carbocycles. The first-order valence-electron chi connectivity index (χ1n) is 7.67. The summed E-state index contributed by atoms with van der Waals surface area (Å²) in [6, 6.07) is 5.84. The molecule has 1 aromatic carbocycles. The van der Waals surface area contributed by atoms with Crippen molar-refractivity contribution < 1.29 is 22.8 Å². The van der Waals surface area contributed by atoms with E-state index < -0.39 is 29.9 Å². The predicted molar refractivity (Wildman–Crippen MR) is 87.0 cm³/mol. The third-order valence-electron chi connectivity index (χ3n) is 4.48. The van der Waals surface area contributed by atoms with Crippen molar-refractivity contribution in [2.24, 2.45) is 0 Å². The zero-order valence-corrected chi connectivity index (χ0v) is 14.3. The third kappa shape index (κ3) is 3.82. The number of hydrogen-bond acceptors (Lipinski definition) is 3. The second kappa shape index (κ2) is 6.71. The zero-order valence-electron chi connectivity index (χ0n) is 14.3. The van der Waals surface area contributed by atoms with Crippen LogP contribution in [0.4, 0.5) is 8.78 Å². The summed E-state index contributed by atoms with van der Waals surface area (Å²) in [5, 5.41) is 0. The fraction of sp³-hybridized carbons (Fsp3) is 0.529. The molecule has 6 heteroatoms. The molecule has 0 aromatic heterocycles. The molecule has 0 bridgehead atoms. The minimum Gasteiger partial charge on any atom is -0.398 e. The molecule has 1 aromatic rings. The SMILES string of the molecule is COCCC(=C(F)B1OC(C)(C)C(C)(C)O1)c1cccc(F)c1. The van der Waals surface area contributed by atoms with Gasteiger partial charge in [0, 0.05) is 7.11 Å². The van der Waals surface area contributed by atoms with E-state index in [0.717, 1.165) is 0 Å². The average Bonchev–Trinajstić information content (AvgIpc) is 2.68. The fourth-order valence-electron chi connectivity index (χ4n) is 2.37. The Labute approximate surface area is 136 Å². The van der Waals surface area contributed by atoms with Crippen LogP contribution in [0, 0.1) is 5.82 Å². The lowest BCUT2D eigenvalue weighted by Gasteiger charge is -2.32. The summed E-state index contributed by atoms with van der Waals surface area (Å²) in [6.07, 6.45) is 0.301. The van der Waals surface area contributed by atoms with Crippen LogP contribution in [-0.2, 0) is 14.0 Å². The van der Waals surface area contributed by atoms with Crippen LogP contribution in [0.3, 0.4) is 0 Å². The van der Waals surface area contributed by atoms with Crippen molar-refractivity contribution in [1.82, 2.24) is 0 Å². The van der Waals surface area contributed by atoms with E-state index in [0.29, 0.717) is 24.2 Å². The molecule has 1 fully saturated rings.